The topological polar surface area (TPSA) is 85.8 Å². The molecule has 126 valence electrons. The van der Waals surface area contributed by atoms with E-state index in [1.807, 2.05) is 35.8 Å². The van der Waals surface area contributed by atoms with E-state index in [2.05, 4.69) is 27.4 Å². The van der Waals surface area contributed by atoms with E-state index in [0.29, 0.717) is 24.1 Å². The van der Waals surface area contributed by atoms with Crippen LogP contribution < -0.4 is 5.32 Å². The summed E-state index contributed by atoms with van der Waals surface area (Å²) in [6, 6.07) is 7.83. The zero-order valence-corrected chi connectivity index (χ0v) is 14.0. The molecule has 0 fully saturated rings. The lowest BCUT2D eigenvalue weighted by atomic mass is 10.3. The van der Waals surface area contributed by atoms with Gasteiger partial charge in [0.1, 0.15) is 0 Å². The second-order valence-electron chi connectivity index (χ2n) is 5.57. The molecule has 0 bridgehead atoms. The lowest BCUT2D eigenvalue weighted by Crippen LogP contribution is -2.16. The Morgan fingerprint density at radius 1 is 1.21 bits per heavy atom. The number of hydrogen-bond donors (Lipinski definition) is 1. The summed E-state index contributed by atoms with van der Waals surface area (Å²) in [6.07, 6.45) is 2.46. The molecule has 1 aromatic carbocycles. The number of amides is 1. The van der Waals surface area contributed by atoms with Crippen LogP contribution in [0.3, 0.4) is 0 Å². The minimum atomic E-state index is -0.116. The molecule has 0 atom stereocenters. The third kappa shape index (κ3) is 3.45. The maximum atomic E-state index is 12.2. The molecular weight excluding hydrogens is 306 g/mol. The fraction of sp³-hybridized carbons (Fsp3) is 0.412. The molecule has 7 nitrogen and oxygen atoms in total. The van der Waals surface area contributed by atoms with Crippen molar-refractivity contribution in [2.75, 3.05) is 5.32 Å². The Bertz CT molecular complexity index is 836. The number of fused-ring (bicyclic) bond motifs is 1. The third-order valence-corrected chi connectivity index (χ3v) is 3.77. The smallest absolute Gasteiger partial charge is 0.227 e. The molecule has 0 unspecified atom stereocenters. The van der Waals surface area contributed by atoms with Crippen LogP contribution >= 0.6 is 0 Å². The van der Waals surface area contributed by atoms with Crippen molar-refractivity contribution in [3.8, 4) is 0 Å². The number of para-hydroxylation sites is 2. The molecule has 0 saturated heterocycles. The van der Waals surface area contributed by atoms with Crippen molar-refractivity contribution in [1.82, 2.24) is 19.7 Å². The molecule has 2 aromatic heterocycles. The first-order valence-electron chi connectivity index (χ1n) is 8.27. The van der Waals surface area contributed by atoms with E-state index in [4.69, 9.17) is 4.52 Å². The SMILES string of the molecule is CCCc1noc(CCC(=O)Nc2nc3ccccc3n2CC)n1. The van der Waals surface area contributed by atoms with Gasteiger partial charge in [-0.2, -0.15) is 4.98 Å². The van der Waals surface area contributed by atoms with Crippen LogP contribution in [0.15, 0.2) is 28.8 Å². The Morgan fingerprint density at radius 2 is 2.04 bits per heavy atom. The summed E-state index contributed by atoms with van der Waals surface area (Å²) in [6.45, 7) is 4.82. The van der Waals surface area contributed by atoms with Gasteiger partial charge >= 0.3 is 0 Å². The van der Waals surface area contributed by atoms with Gasteiger partial charge in [-0.15, -0.1) is 0 Å². The molecule has 0 aliphatic rings. The molecule has 3 rings (SSSR count). The number of aromatic nitrogens is 4. The molecule has 1 N–H and O–H groups in total. The van der Waals surface area contributed by atoms with Crippen LogP contribution in [0.25, 0.3) is 11.0 Å². The minimum Gasteiger partial charge on any atom is -0.339 e. The number of anilines is 1. The highest BCUT2D eigenvalue weighted by molar-refractivity contribution is 5.91. The van der Waals surface area contributed by atoms with Crippen LogP contribution in [0.4, 0.5) is 5.95 Å². The zero-order chi connectivity index (χ0) is 16.9. The Morgan fingerprint density at radius 3 is 2.83 bits per heavy atom. The summed E-state index contributed by atoms with van der Waals surface area (Å²) in [5.74, 6) is 1.65. The van der Waals surface area contributed by atoms with Crippen molar-refractivity contribution < 1.29 is 9.32 Å². The quantitative estimate of drug-likeness (QED) is 0.721. The summed E-state index contributed by atoms with van der Waals surface area (Å²) in [5, 5.41) is 6.77. The number of aryl methyl sites for hydroxylation is 3. The van der Waals surface area contributed by atoms with Crippen molar-refractivity contribution in [2.45, 2.75) is 46.1 Å². The Kier molecular flexibility index (Phi) is 4.88. The number of hydrogen-bond acceptors (Lipinski definition) is 5. The molecule has 0 spiro atoms. The summed E-state index contributed by atoms with van der Waals surface area (Å²) >= 11 is 0. The van der Waals surface area contributed by atoms with Gasteiger partial charge in [-0.3, -0.25) is 10.1 Å². The molecule has 0 aliphatic carbocycles. The number of carbonyl (C=O) groups excluding carboxylic acids is 1. The van der Waals surface area contributed by atoms with Gasteiger partial charge in [0.25, 0.3) is 0 Å². The molecule has 0 radical (unpaired) electrons. The molecule has 0 saturated carbocycles. The number of nitrogens with one attached hydrogen (secondary N) is 1. The van der Waals surface area contributed by atoms with Crippen LogP contribution in [0.2, 0.25) is 0 Å². The molecule has 24 heavy (non-hydrogen) atoms. The van der Waals surface area contributed by atoms with Gasteiger partial charge in [0, 0.05) is 25.8 Å². The fourth-order valence-corrected chi connectivity index (χ4v) is 2.62. The lowest BCUT2D eigenvalue weighted by Gasteiger charge is -2.06. The van der Waals surface area contributed by atoms with Crippen molar-refractivity contribution in [3.63, 3.8) is 0 Å². The maximum absolute atomic E-state index is 12.2. The molecule has 1 amide bonds. The van der Waals surface area contributed by atoms with Crippen LogP contribution in [-0.4, -0.2) is 25.6 Å². The third-order valence-electron chi connectivity index (χ3n) is 3.77. The average Bonchev–Trinajstić information content (AvgIpc) is 3.17. The summed E-state index contributed by atoms with van der Waals surface area (Å²) in [5.41, 5.74) is 1.88. The Balaban J connectivity index is 1.64. The van der Waals surface area contributed by atoms with Gasteiger partial charge in [-0.05, 0) is 25.5 Å². The number of carbonyl (C=O) groups is 1. The average molecular weight is 327 g/mol. The maximum Gasteiger partial charge on any atom is 0.227 e. The first-order chi connectivity index (χ1) is 11.7. The Labute approximate surface area is 140 Å². The van der Waals surface area contributed by atoms with Gasteiger partial charge in [-0.1, -0.05) is 24.2 Å². The van der Waals surface area contributed by atoms with E-state index in [1.54, 1.807) is 0 Å². The molecule has 2 heterocycles. The minimum absolute atomic E-state index is 0.116. The number of benzene rings is 1. The van der Waals surface area contributed by atoms with E-state index in [-0.39, 0.29) is 12.3 Å². The van der Waals surface area contributed by atoms with E-state index in [9.17, 15) is 4.79 Å². The largest absolute Gasteiger partial charge is 0.339 e. The summed E-state index contributed by atoms with van der Waals surface area (Å²) in [4.78, 5) is 21.0. The highest BCUT2D eigenvalue weighted by Crippen LogP contribution is 2.19. The second kappa shape index (κ2) is 7.25. The predicted octanol–water partition coefficient (Wildman–Crippen LogP) is 2.96. The van der Waals surface area contributed by atoms with Crippen LogP contribution in [0.1, 0.15) is 38.4 Å². The lowest BCUT2D eigenvalue weighted by molar-refractivity contribution is -0.116. The van der Waals surface area contributed by atoms with Crippen molar-refractivity contribution >= 4 is 22.9 Å². The van der Waals surface area contributed by atoms with Gasteiger partial charge in [-0.25, -0.2) is 4.98 Å². The fourth-order valence-electron chi connectivity index (χ4n) is 2.62. The van der Waals surface area contributed by atoms with Gasteiger partial charge in [0.05, 0.1) is 11.0 Å². The van der Waals surface area contributed by atoms with Crippen LogP contribution in [0, 0.1) is 0 Å². The summed E-state index contributed by atoms with van der Waals surface area (Å²) in [7, 11) is 0. The number of nitrogens with zero attached hydrogens (tertiary/aromatic N) is 4. The second-order valence-corrected chi connectivity index (χ2v) is 5.57. The zero-order valence-electron chi connectivity index (χ0n) is 14.0. The van der Waals surface area contributed by atoms with Crippen LogP contribution in [0.5, 0.6) is 0 Å². The molecule has 0 aliphatic heterocycles. The van der Waals surface area contributed by atoms with Gasteiger partial charge in [0.2, 0.25) is 17.7 Å². The first-order valence-corrected chi connectivity index (χ1v) is 8.27. The van der Waals surface area contributed by atoms with Crippen molar-refractivity contribution in [2.24, 2.45) is 0 Å². The van der Waals surface area contributed by atoms with Gasteiger partial charge < -0.3 is 9.09 Å². The van der Waals surface area contributed by atoms with E-state index < -0.39 is 0 Å². The first kappa shape index (κ1) is 16.2. The van der Waals surface area contributed by atoms with Crippen molar-refractivity contribution in [1.29, 1.82) is 0 Å². The molecular formula is C17H21N5O2. The predicted molar refractivity (Wildman–Crippen MR) is 90.7 cm³/mol. The normalized spacial score (nSPS) is 11.1. The van der Waals surface area contributed by atoms with Crippen LogP contribution in [-0.2, 0) is 24.2 Å². The highest BCUT2D eigenvalue weighted by atomic mass is 16.5. The number of rotatable bonds is 7. The molecule has 7 heteroatoms. The highest BCUT2D eigenvalue weighted by Gasteiger charge is 2.13. The van der Waals surface area contributed by atoms with Gasteiger partial charge in [0.15, 0.2) is 5.82 Å². The molecule has 3 aromatic rings. The van der Waals surface area contributed by atoms with E-state index in [1.165, 1.54) is 0 Å². The summed E-state index contributed by atoms with van der Waals surface area (Å²) < 4.78 is 7.13. The van der Waals surface area contributed by atoms with Crippen molar-refractivity contribution in [3.05, 3.63) is 36.0 Å². The standard InChI is InChI=1S/C17H21N5O2/c1-3-7-14-19-16(24-21-14)11-10-15(23)20-17-18-12-8-5-6-9-13(12)22(17)4-2/h5-6,8-9H,3-4,7,10-11H2,1-2H3,(H,18,20,23). The number of imidazole rings is 1. The monoisotopic (exact) mass is 327 g/mol. The van der Waals surface area contributed by atoms with E-state index in [0.717, 1.165) is 30.4 Å². The Hall–Kier alpha value is -2.70. The van der Waals surface area contributed by atoms with E-state index >= 15 is 0 Å².